The van der Waals surface area contributed by atoms with Crippen molar-refractivity contribution in [3.63, 3.8) is 0 Å². The lowest BCUT2D eigenvalue weighted by molar-refractivity contribution is 0.628. The van der Waals surface area contributed by atoms with Gasteiger partial charge in [-0.3, -0.25) is 0 Å². The van der Waals surface area contributed by atoms with Gasteiger partial charge in [0.25, 0.3) is 0 Å². The van der Waals surface area contributed by atoms with Gasteiger partial charge in [-0.25, -0.2) is 0 Å². The van der Waals surface area contributed by atoms with Gasteiger partial charge in [0.15, 0.2) is 0 Å². The number of rotatable bonds is 6. The van der Waals surface area contributed by atoms with Gasteiger partial charge in [-0.15, -0.1) is 0 Å². The van der Waals surface area contributed by atoms with E-state index in [1.54, 1.807) is 5.37 Å². The van der Waals surface area contributed by atoms with Gasteiger partial charge < -0.3 is 0 Å². The van der Waals surface area contributed by atoms with E-state index in [4.69, 9.17) is 12.2 Å². The Kier molecular flexibility index (Phi) is 5.35. The van der Waals surface area contributed by atoms with E-state index in [2.05, 4.69) is 97.1 Å². The minimum Gasteiger partial charge on any atom is -0.0887 e. The second-order valence-corrected chi connectivity index (χ2v) is 6.04. The molecule has 0 unspecified atom stereocenters. The standard InChI is InChI=1S/C23H20S/c24-19-11-10-18-23(20-12-4-1-5-13-20,21-14-6-2-7-15-21)22-16-8-3-9-17-22/h1-17,19H,18H2/b11-10-. The summed E-state index contributed by atoms with van der Waals surface area (Å²) >= 11 is 4.98. The summed E-state index contributed by atoms with van der Waals surface area (Å²) < 4.78 is 0. The van der Waals surface area contributed by atoms with Gasteiger partial charge in [-0.05, 0) is 23.1 Å². The first-order valence-electron chi connectivity index (χ1n) is 8.15. The monoisotopic (exact) mass is 328 g/mol. The van der Waals surface area contributed by atoms with Gasteiger partial charge in [-0.2, -0.15) is 0 Å². The quantitative estimate of drug-likeness (QED) is 0.305. The molecule has 0 aliphatic carbocycles. The maximum Gasteiger partial charge on any atom is 0.0485 e. The first-order chi connectivity index (χ1) is 11.9. The first kappa shape index (κ1) is 16.4. The Morgan fingerprint density at radius 2 is 1.00 bits per heavy atom. The van der Waals surface area contributed by atoms with Crippen LogP contribution in [0, 0.1) is 0 Å². The lowest BCUT2D eigenvalue weighted by Crippen LogP contribution is -2.28. The molecule has 0 saturated carbocycles. The fourth-order valence-corrected chi connectivity index (χ4v) is 3.43. The van der Waals surface area contributed by atoms with Crippen molar-refractivity contribution in [1.29, 1.82) is 0 Å². The van der Waals surface area contributed by atoms with E-state index in [0.717, 1.165) is 6.42 Å². The third-order valence-electron chi connectivity index (χ3n) is 4.44. The summed E-state index contributed by atoms with van der Waals surface area (Å²) in [6, 6.07) is 32.1. The minimum absolute atomic E-state index is 0.224. The molecule has 3 rings (SSSR count). The molecule has 3 aromatic carbocycles. The van der Waals surface area contributed by atoms with Crippen molar-refractivity contribution in [3.8, 4) is 0 Å². The molecule has 118 valence electrons. The molecule has 0 radical (unpaired) electrons. The maximum atomic E-state index is 4.98. The maximum absolute atomic E-state index is 4.98. The first-order valence-corrected chi connectivity index (χ1v) is 8.62. The molecule has 0 aliphatic rings. The fraction of sp³-hybridized carbons (Fsp3) is 0.0870. The second-order valence-electron chi connectivity index (χ2n) is 5.77. The van der Waals surface area contributed by atoms with Gasteiger partial charge in [-0.1, -0.05) is 115 Å². The Morgan fingerprint density at radius 1 is 0.625 bits per heavy atom. The third-order valence-corrected chi connectivity index (χ3v) is 4.60. The van der Waals surface area contributed by atoms with Crippen LogP contribution in [0.25, 0.3) is 0 Å². The summed E-state index contributed by atoms with van der Waals surface area (Å²) in [5.74, 6) is 0. The van der Waals surface area contributed by atoms with Crippen molar-refractivity contribution in [2.24, 2.45) is 0 Å². The van der Waals surface area contributed by atoms with Crippen molar-refractivity contribution in [3.05, 3.63) is 120 Å². The van der Waals surface area contributed by atoms with E-state index in [-0.39, 0.29) is 5.41 Å². The predicted octanol–water partition coefficient (Wildman–Crippen LogP) is 5.97. The predicted molar refractivity (Wildman–Crippen MR) is 107 cm³/mol. The number of hydrogen-bond donors (Lipinski definition) is 0. The van der Waals surface area contributed by atoms with Crippen LogP contribution in [0.15, 0.2) is 103 Å². The molecule has 0 aliphatic heterocycles. The van der Waals surface area contributed by atoms with E-state index < -0.39 is 0 Å². The molecule has 0 aromatic heterocycles. The lowest BCUT2D eigenvalue weighted by Gasteiger charge is -2.35. The Morgan fingerprint density at radius 3 is 1.33 bits per heavy atom. The molecule has 0 amide bonds. The van der Waals surface area contributed by atoms with Crippen LogP contribution in [0.1, 0.15) is 23.1 Å². The molecule has 24 heavy (non-hydrogen) atoms. The molecular weight excluding hydrogens is 308 g/mol. The van der Waals surface area contributed by atoms with Crippen molar-refractivity contribution < 1.29 is 0 Å². The Labute approximate surface area is 149 Å². The van der Waals surface area contributed by atoms with Gasteiger partial charge in [0, 0.05) is 10.8 Å². The molecule has 0 saturated heterocycles. The molecule has 3 aromatic rings. The average molecular weight is 328 g/mol. The summed E-state index contributed by atoms with van der Waals surface area (Å²) in [5, 5.41) is 1.67. The van der Waals surface area contributed by atoms with E-state index in [0.29, 0.717) is 0 Å². The number of thiocarbonyl (C=S) groups is 1. The largest absolute Gasteiger partial charge is 0.0887 e. The average Bonchev–Trinajstić information content (AvgIpc) is 2.68. The van der Waals surface area contributed by atoms with Gasteiger partial charge in [0.2, 0.25) is 0 Å². The summed E-state index contributed by atoms with van der Waals surface area (Å²) in [6.45, 7) is 0. The highest BCUT2D eigenvalue weighted by molar-refractivity contribution is 7.79. The Balaban J connectivity index is 2.28. The molecular formula is C23H20S. The highest BCUT2D eigenvalue weighted by Gasteiger charge is 2.34. The van der Waals surface area contributed by atoms with Crippen LogP contribution in [0.2, 0.25) is 0 Å². The molecule has 0 bridgehead atoms. The number of hydrogen-bond acceptors (Lipinski definition) is 1. The van der Waals surface area contributed by atoms with Crippen molar-refractivity contribution >= 4 is 17.6 Å². The Bertz CT molecular complexity index is 693. The summed E-state index contributed by atoms with van der Waals surface area (Å²) in [4.78, 5) is 0. The van der Waals surface area contributed by atoms with E-state index in [1.165, 1.54) is 16.7 Å². The van der Waals surface area contributed by atoms with E-state index >= 15 is 0 Å². The second kappa shape index (κ2) is 7.85. The van der Waals surface area contributed by atoms with Gasteiger partial charge in [0.05, 0.1) is 0 Å². The summed E-state index contributed by atoms with van der Waals surface area (Å²) in [7, 11) is 0. The van der Waals surface area contributed by atoms with Crippen LogP contribution in [0.4, 0.5) is 0 Å². The zero-order valence-electron chi connectivity index (χ0n) is 13.5. The molecule has 0 nitrogen and oxygen atoms in total. The van der Waals surface area contributed by atoms with Crippen LogP contribution in [0.5, 0.6) is 0 Å². The van der Waals surface area contributed by atoms with E-state index in [1.807, 2.05) is 6.08 Å². The molecule has 0 heterocycles. The topological polar surface area (TPSA) is 0 Å². The van der Waals surface area contributed by atoms with Crippen LogP contribution < -0.4 is 0 Å². The molecule has 1 heteroatoms. The minimum atomic E-state index is -0.224. The van der Waals surface area contributed by atoms with Crippen molar-refractivity contribution in [2.75, 3.05) is 0 Å². The third kappa shape index (κ3) is 3.22. The van der Waals surface area contributed by atoms with Gasteiger partial charge >= 0.3 is 0 Å². The normalized spacial score (nSPS) is 11.5. The zero-order valence-corrected chi connectivity index (χ0v) is 14.3. The highest BCUT2D eigenvalue weighted by atomic mass is 32.1. The highest BCUT2D eigenvalue weighted by Crippen LogP contribution is 2.42. The molecule has 0 fully saturated rings. The van der Waals surface area contributed by atoms with Crippen LogP contribution in [0.3, 0.4) is 0 Å². The summed E-state index contributed by atoms with van der Waals surface area (Å²) in [6.07, 6.45) is 4.98. The lowest BCUT2D eigenvalue weighted by atomic mass is 9.67. The summed E-state index contributed by atoms with van der Waals surface area (Å²) in [5.41, 5.74) is 3.64. The van der Waals surface area contributed by atoms with Crippen LogP contribution >= 0.6 is 12.2 Å². The molecule has 0 N–H and O–H groups in total. The number of benzene rings is 3. The van der Waals surface area contributed by atoms with Crippen LogP contribution in [-0.2, 0) is 5.41 Å². The smallest absolute Gasteiger partial charge is 0.0485 e. The Hall–Kier alpha value is -2.51. The van der Waals surface area contributed by atoms with Crippen molar-refractivity contribution in [2.45, 2.75) is 11.8 Å². The van der Waals surface area contributed by atoms with Crippen molar-refractivity contribution in [1.82, 2.24) is 0 Å². The zero-order chi connectivity index (χ0) is 16.7. The SMILES string of the molecule is S=C/C=C\CC(c1ccccc1)(c1ccccc1)c1ccccc1. The molecule has 0 spiro atoms. The fourth-order valence-electron chi connectivity index (χ4n) is 3.32. The molecule has 0 atom stereocenters. The van der Waals surface area contributed by atoms with Gasteiger partial charge in [0.1, 0.15) is 0 Å². The van der Waals surface area contributed by atoms with E-state index in [9.17, 15) is 0 Å². The van der Waals surface area contributed by atoms with Crippen LogP contribution in [-0.4, -0.2) is 5.37 Å². The number of allylic oxidation sites excluding steroid dienone is 2.